The number of carboxylic acids is 1. The van der Waals surface area contributed by atoms with Crippen molar-refractivity contribution >= 4 is 23.5 Å². The molecule has 1 aliphatic rings. The fourth-order valence-corrected chi connectivity index (χ4v) is 2.64. The number of imidazole rings is 1. The standard InChI is InChI=1S/C15H21N7O2.C2H4O2/c16-13(23)2-1-6-22-9-11(8-18-22)19-15(24)12-10-21-7-5-17-4-3-14(21)20-12;1-2(3)4/h8-10,17H,1-7H2,(H2,16,23)(H,19,24);1H3,(H,3,4). The highest BCUT2D eigenvalue weighted by Crippen LogP contribution is 2.11. The van der Waals surface area contributed by atoms with Crippen LogP contribution in [-0.2, 0) is 29.1 Å². The molecule has 0 saturated carbocycles. The predicted molar refractivity (Wildman–Crippen MR) is 101 cm³/mol. The van der Waals surface area contributed by atoms with Gasteiger partial charge in [-0.25, -0.2) is 4.98 Å². The van der Waals surface area contributed by atoms with Crippen LogP contribution in [-0.4, -0.2) is 55.3 Å². The third-order valence-corrected chi connectivity index (χ3v) is 3.85. The number of aryl methyl sites for hydroxylation is 1. The van der Waals surface area contributed by atoms with Gasteiger partial charge in [0, 0.05) is 58.3 Å². The van der Waals surface area contributed by atoms with Crippen LogP contribution < -0.4 is 16.4 Å². The van der Waals surface area contributed by atoms with Crippen molar-refractivity contribution in [2.24, 2.45) is 5.73 Å². The largest absolute Gasteiger partial charge is 0.481 e. The van der Waals surface area contributed by atoms with E-state index in [0.717, 1.165) is 38.8 Å². The fraction of sp³-hybridized carbons (Fsp3) is 0.471. The first-order valence-electron chi connectivity index (χ1n) is 8.93. The number of amides is 2. The van der Waals surface area contributed by atoms with Gasteiger partial charge in [0.1, 0.15) is 11.5 Å². The first-order chi connectivity index (χ1) is 13.3. The van der Waals surface area contributed by atoms with E-state index in [4.69, 9.17) is 15.6 Å². The molecule has 2 aromatic heterocycles. The third-order valence-electron chi connectivity index (χ3n) is 3.85. The molecule has 5 N–H and O–H groups in total. The summed E-state index contributed by atoms with van der Waals surface area (Å²) in [4.78, 5) is 36.5. The number of carboxylic acid groups (broad SMARTS) is 1. The summed E-state index contributed by atoms with van der Waals surface area (Å²) in [5, 5.41) is 17.7. The smallest absolute Gasteiger partial charge is 0.300 e. The van der Waals surface area contributed by atoms with Crippen LogP contribution in [0, 0.1) is 0 Å². The van der Waals surface area contributed by atoms with Gasteiger partial charge in [-0.2, -0.15) is 5.10 Å². The monoisotopic (exact) mass is 391 g/mol. The Balaban J connectivity index is 0.000000640. The number of fused-ring (bicyclic) bond motifs is 1. The summed E-state index contributed by atoms with van der Waals surface area (Å²) in [5.41, 5.74) is 6.12. The van der Waals surface area contributed by atoms with Gasteiger partial charge in [0.2, 0.25) is 5.91 Å². The minimum atomic E-state index is -0.833. The van der Waals surface area contributed by atoms with E-state index in [9.17, 15) is 9.59 Å². The Morgan fingerprint density at radius 1 is 1.32 bits per heavy atom. The molecule has 0 fully saturated rings. The maximum absolute atomic E-state index is 12.3. The molecule has 0 bridgehead atoms. The number of carbonyl (C=O) groups excluding carboxylic acids is 2. The van der Waals surface area contributed by atoms with Crippen LogP contribution in [0.25, 0.3) is 0 Å². The van der Waals surface area contributed by atoms with Crippen LogP contribution in [0.2, 0.25) is 0 Å². The molecule has 0 atom stereocenters. The van der Waals surface area contributed by atoms with Gasteiger partial charge in [-0.3, -0.25) is 19.1 Å². The Labute approximate surface area is 161 Å². The number of aromatic nitrogens is 4. The van der Waals surface area contributed by atoms with Gasteiger partial charge in [-0.15, -0.1) is 0 Å². The summed E-state index contributed by atoms with van der Waals surface area (Å²) in [6.07, 6.45) is 6.83. The maximum Gasteiger partial charge on any atom is 0.300 e. The Kier molecular flexibility index (Phi) is 7.69. The Bertz CT molecular complexity index is 800. The molecule has 0 aromatic carbocycles. The van der Waals surface area contributed by atoms with Gasteiger partial charge in [0.05, 0.1) is 11.9 Å². The van der Waals surface area contributed by atoms with E-state index in [1.165, 1.54) is 0 Å². The summed E-state index contributed by atoms with van der Waals surface area (Å²) in [5.74, 6) is -0.488. The Morgan fingerprint density at radius 3 is 2.79 bits per heavy atom. The van der Waals surface area contributed by atoms with Crippen LogP contribution in [0.15, 0.2) is 18.6 Å². The van der Waals surface area contributed by atoms with E-state index in [1.807, 2.05) is 4.57 Å². The Morgan fingerprint density at radius 2 is 2.07 bits per heavy atom. The van der Waals surface area contributed by atoms with Crippen molar-refractivity contribution < 1.29 is 19.5 Å². The highest BCUT2D eigenvalue weighted by atomic mass is 16.4. The van der Waals surface area contributed by atoms with Crippen molar-refractivity contribution in [3.05, 3.63) is 30.1 Å². The van der Waals surface area contributed by atoms with Crippen molar-refractivity contribution in [2.75, 3.05) is 18.4 Å². The van der Waals surface area contributed by atoms with E-state index in [1.54, 1.807) is 23.3 Å². The summed E-state index contributed by atoms with van der Waals surface area (Å²) >= 11 is 0. The van der Waals surface area contributed by atoms with Crippen LogP contribution >= 0.6 is 0 Å². The number of primary amides is 1. The lowest BCUT2D eigenvalue weighted by molar-refractivity contribution is -0.134. The molecule has 0 aliphatic carbocycles. The summed E-state index contributed by atoms with van der Waals surface area (Å²) in [6.45, 7) is 4.22. The molecule has 0 radical (unpaired) electrons. The molecule has 2 amide bonds. The van der Waals surface area contributed by atoms with Crippen molar-refractivity contribution in [2.45, 2.75) is 39.3 Å². The summed E-state index contributed by atoms with van der Waals surface area (Å²) in [6, 6.07) is 0. The van der Waals surface area contributed by atoms with Crippen LogP contribution in [0.5, 0.6) is 0 Å². The molecule has 11 heteroatoms. The van der Waals surface area contributed by atoms with E-state index >= 15 is 0 Å². The van der Waals surface area contributed by atoms with Gasteiger partial charge in [-0.05, 0) is 6.42 Å². The molecule has 28 heavy (non-hydrogen) atoms. The average molecular weight is 391 g/mol. The molecule has 0 saturated heterocycles. The zero-order valence-electron chi connectivity index (χ0n) is 15.7. The second-order valence-electron chi connectivity index (χ2n) is 6.27. The number of nitrogens with zero attached hydrogens (tertiary/aromatic N) is 4. The van der Waals surface area contributed by atoms with E-state index in [-0.39, 0.29) is 11.8 Å². The number of rotatable bonds is 6. The highest BCUT2D eigenvalue weighted by Gasteiger charge is 2.16. The maximum atomic E-state index is 12.3. The second-order valence-corrected chi connectivity index (χ2v) is 6.27. The zero-order valence-corrected chi connectivity index (χ0v) is 15.7. The minimum Gasteiger partial charge on any atom is -0.481 e. The number of aliphatic carboxylic acids is 1. The first kappa shape index (κ1) is 21.1. The van der Waals surface area contributed by atoms with Gasteiger partial charge in [-0.1, -0.05) is 0 Å². The topological polar surface area (TPSA) is 157 Å². The van der Waals surface area contributed by atoms with E-state index in [2.05, 4.69) is 20.7 Å². The van der Waals surface area contributed by atoms with Crippen molar-refractivity contribution in [3.63, 3.8) is 0 Å². The molecule has 1 aliphatic heterocycles. The molecule has 3 heterocycles. The zero-order chi connectivity index (χ0) is 20.5. The average Bonchev–Trinajstić information content (AvgIpc) is 3.16. The minimum absolute atomic E-state index is 0.250. The van der Waals surface area contributed by atoms with Crippen LogP contribution in [0.4, 0.5) is 5.69 Å². The first-order valence-corrected chi connectivity index (χ1v) is 8.93. The molecule has 0 spiro atoms. The lowest BCUT2D eigenvalue weighted by atomic mass is 10.3. The van der Waals surface area contributed by atoms with Crippen molar-refractivity contribution in [1.29, 1.82) is 0 Å². The third kappa shape index (κ3) is 6.83. The fourth-order valence-electron chi connectivity index (χ4n) is 2.64. The molecule has 11 nitrogen and oxygen atoms in total. The van der Waals surface area contributed by atoms with E-state index < -0.39 is 5.97 Å². The molecular weight excluding hydrogens is 366 g/mol. The molecule has 3 rings (SSSR count). The number of hydrogen-bond donors (Lipinski definition) is 4. The van der Waals surface area contributed by atoms with E-state index in [0.29, 0.717) is 30.8 Å². The lowest BCUT2D eigenvalue weighted by Gasteiger charge is -2.00. The number of hydrogen-bond acceptors (Lipinski definition) is 6. The summed E-state index contributed by atoms with van der Waals surface area (Å²) in [7, 11) is 0. The van der Waals surface area contributed by atoms with Gasteiger partial charge in [0.25, 0.3) is 11.9 Å². The van der Waals surface area contributed by atoms with Crippen LogP contribution in [0.1, 0.15) is 36.1 Å². The number of carbonyl (C=O) groups is 3. The highest BCUT2D eigenvalue weighted by molar-refractivity contribution is 6.02. The number of nitrogens with one attached hydrogen (secondary N) is 2. The van der Waals surface area contributed by atoms with Crippen molar-refractivity contribution in [1.82, 2.24) is 24.6 Å². The number of nitrogens with two attached hydrogens (primary N) is 1. The Hall–Kier alpha value is -3.21. The molecule has 152 valence electrons. The normalized spacial score (nSPS) is 12.9. The summed E-state index contributed by atoms with van der Waals surface area (Å²) < 4.78 is 3.69. The second kappa shape index (κ2) is 10.2. The molecule has 2 aromatic rings. The predicted octanol–water partition coefficient (Wildman–Crippen LogP) is -0.166. The lowest BCUT2D eigenvalue weighted by Crippen LogP contribution is -2.18. The van der Waals surface area contributed by atoms with Gasteiger partial charge >= 0.3 is 0 Å². The van der Waals surface area contributed by atoms with Gasteiger partial charge in [0.15, 0.2) is 0 Å². The SMILES string of the molecule is CC(=O)O.NC(=O)CCCn1cc(NC(=O)c2cn3c(n2)CCNCC3)cn1. The number of anilines is 1. The molecule has 0 unspecified atom stereocenters. The van der Waals surface area contributed by atoms with Crippen molar-refractivity contribution in [3.8, 4) is 0 Å². The quantitative estimate of drug-likeness (QED) is 0.532. The van der Waals surface area contributed by atoms with Gasteiger partial charge < -0.3 is 26.0 Å². The molecular formula is C17H25N7O4. The van der Waals surface area contributed by atoms with Crippen LogP contribution in [0.3, 0.4) is 0 Å².